The van der Waals surface area contributed by atoms with Crippen LogP contribution in [0.4, 0.5) is 4.39 Å². The van der Waals surface area contributed by atoms with Crippen LogP contribution in [0.15, 0.2) is 12.1 Å². The average Bonchev–Trinajstić information content (AvgIpc) is 2.68. The number of halogens is 1. The summed E-state index contributed by atoms with van der Waals surface area (Å²) in [6.07, 6.45) is -0.0488. The highest BCUT2D eigenvalue weighted by Crippen LogP contribution is 2.29. The molecule has 0 bridgehead atoms. The maximum atomic E-state index is 14.1. The molecule has 1 aromatic carbocycles. The first-order valence-electron chi connectivity index (χ1n) is 6.27. The van der Waals surface area contributed by atoms with Gasteiger partial charge in [0.1, 0.15) is 5.82 Å². The van der Waals surface area contributed by atoms with E-state index in [1.54, 1.807) is 6.07 Å². The summed E-state index contributed by atoms with van der Waals surface area (Å²) in [7, 11) is 0. The number of hydrogen-bond donors (Lipinski definition) is 2. The van der Waals surface area contributed by atoms with E-state index in [1.165, 1.54) is 0 Å². The summed E-state index contributed by atoms with van der Waals surface area (Å²) in [4.78, 5) is 3.09. The Balaban J connectivity index is 2.10. The van der Waals surface area contributed by atoms with E-state index in [4.69, 9.17) is 4.74 Å². The molecular formula is C14H17FN2O. The molecule has 0 amide bonds. The smallest absolute Gasteiger partial charge is 0.147 e. The quantitative estimate of drug-likeness (QED) is 0.814. The molecule has 3 rings (SSSR count). The largest absolute Gasteiger partial charge is 0.371 e. The summed E-state index contributed by atoms with van der Waals surface area (Å²) in [6.45, 7) is 6.26. The van der Waals surface area contributed by atoms with Crippen LogP contribution >= 0.6 is 0 Å². The van der Waals surface area contributed by atoms with Crippen LogP contribution in [0.5, 0.6) is 0 Å². The zero-order valence-corrected chi connectivity index (χ0v) is 10.6. The van der Waals surface area contributed by atoms with Crippen LogP contribution in [0.2, 0.25) is 0 Å². The second kappa shape index (κ2) is 4.37. The van der Waals surface area contributed by atoms with Crippen molar-refractivity contribution in [1.29, 1.82) is 0 Å². The van der Waals surface area contributed by atoms with Crippen molar-refractivity contribution in [2.45, 2.75) is 20.0 Å². The third-order valence-electron chi connectivity index (χ3n) is 3.69. The maximum absolute atomic E-state index is 14.1. The zero-order chi connectivity index (χ0) is 12.7. The van der Waals surface area contributed by atoms with Crippen LogP contribution in [-0.4, -0.2) is 24.7 Å². The Bertz CT molecular complexity index is 585. The van der Waals surface area contributed by atoms with Gasteiger partial charge in [0, 0.05) is 24.2 Å². The third-order valence-corrected chi connectivity index (χ3v) is 3.69. The van der Waals surface area contributed by atoms with Crippen LogP contribution in [-0.2, 0) is 4.74 Å². The van der Waals surface area contributed by atoms with E-state index in [-0.39, 0.29) is 11.9 Å². The summed E-state index contributed by atoms with van der Waals surface area (Å²) in [5.41, 5.74) is 3.63. The molecule has 18 heavy (non-hydrogen) atoms. The third kappa shape index (κ3) is 1.82. The molecule has 1 aromatic heterocycles. The van der Waals surface area contributed by atoms with Crippen molar-refractivity contribution in [2.24, 2.45) is 0 Å². The molecule has 0 spiro atoms. The lowest BCUT2D eigenvalue weighted by Gasteiger charge is -2.24. The van der Waals surface area contributed by atoms with E-state index in [1.807, 2.05) is 19.9 Å². The van der Waals surface area contributed by atoms with Gasteiger partial charge in [-0.25, -0.2) is 4.39 Å². The highest BCUT2D eigenvalue weighted by atomic mass is 19.1. The molecule has 1 unspecified atom stereocenters. The van der Waals surface area contributed by atoms with Gasteiger partial charge in [-0.1, -0.05) is 0 Å². The number of H-pyrrole nitrogens is 1. The number of morpholine rings is 1. The van der Waals surface area contributed by atoms with E-state index in [2.05, 4.69) is 10.3 Å². The molecule has 1 atom stereocenters. The Morgan fingerprint density at radius 3 is 2.89 bits per heavy atom. The van der Waals surface area contributed by atoms with Crippen LogP contribution in [0.3, 0.4) is 0 Å². The predicted octanol–water partition coefficient (Wildman–Crippen LogP) is 2.58. The van der Waals surface area contributed by atoms with E-state index in [0.29, 0.717) is 12.1 Å². The maximum Gasteiger partial charge on any atom is 0.147 e. The summed E-state index contributed by atoms with van der Waals surface area (Å²) in [6, 6.07) is 3.62. The fourth-order valence-corrected chi connectivity index (χ4v) is 2.50. The van der Waals surface area contributed by atoms with Gasteiger partial charge in [0.25, 0.3) is 0 Å². The molecule has 1 saturated heterocycles. The molecule has 1 aliphatic heterocycles. The highest BCUT2D eigenvalue weighted by Gasteiger charge is 2.19. The van der Waals surface area contributed by atoms with Gasteiger partial charge in [-0.05, 0) is 37.1 Å². The van der Waals surface area contributed by atoms with E-state index >= 15 is 0 Å². The number of fused-ring (bicyclic) bond motifs is 1. The van der Waals surface area contributed by atoms with Gasteiger partial charge in [-0.3, -0.25) is 0 Å². The molecule has 4 heteroatoms. The topological polar surface area (TPSA) is 37.0 Å². The minimum atomic E-state index is -0.201. The summed E-state index contributed by atoms with van der Waals surface area (Å²) >= 11 is 0. The molecule has 1 fully saturated rings. The molecule has 0 saturated carbocycles. The summed E-state index contributed by atoms with van der Waals surface area (Å²) in [5.74, 6) is -0.201. The SMILES string of the molecule is Cc1[nH]c2c(F)cc(C3CNCCO3)cc2c1C. The van der Waals surface area contributed by atoms with Gasteiger partial charge in [-0.15, -0.1) is 0 Å². The minimum Gasteiger partial charge on any atom is -0.371 e. The van der Waals surface area contributed by atoms with E-state index < -0.39 is 0 Å². The molecule has 3 nitrogen and oxygen atoms in total. The molecular weight excluding hydrogens is 231 g/mol. The number of rotatable bonds is 1. The van der Waals surface area contributed by atoms with Crippen LogP contribution in [0.25, 0.3) is 10.9 Å². The second-order valence-electron chi connectivity index (χ2n) is 4.86. The Hall–Kier alpha value is -1.39. The van der Waals surface area contributed by atoms with Crippen molar-refractivity contribution < 1.29 is 9.13 Å². The standard InChI is InChI=1S/C14H17FN2O/c1-8-9(2)17-14-11(8)5-10(6-12(14)15)13-7-16-3-4-18-13/h5-6,13,16-17H,3-4,7H2,1-2H3. The van der Waals surface area contributed by atoms with Crippen LogP contribution in [0.1, 0.15) is 22.9 Å². The van der Waals surface area contributed by atoms with Gasteiger partial charge < -0.3 is 15.0 Å². The van der Waals surface area contributed by atoms with Gasteiger partial charge in [0.15, 0.2) is 0 Å². The van der Waals surface area contributed by atoms with Crippen LogP contribution in [0, 0.1) is 19.7 Å². The van der Waals surface area contributed by atoms with Crippen molar-refractivity contribution in [1.82, 2.24) is 10.3 Å². The number of benzene rings is 1. The number of aromatic nitrogens is 1. The van der Waals surface area contributed by atoms with Crippen molar-refractivity contribution in [3.63, 3.8) is 0 Å². The number of hydrogen-bond acceptors (Lipinski definition) is 2. The van der Waals surface area contributed by atoms with Crippen molar-refractivity contribution in [2.75, 3.05) is 19.7 Å². The fraction of sp³-hybridized carbons (Fsp3) is 0.429. The molecule has 0 aliphatic carbocycles. The van der Waals surface area contributed by atoms with Crippen molar-refractivity contribution in [3.05, 3.63) is 34.8 Å². The molecule has 1 aliphatic rings. The van der Waals surface area contributed by atoms with Crippen molar-refractivity contribution in [3.8, 4) is 0 Å². The molecule has 96 valence electrons. The Morgan fingerprint density at radius 2 is 2.17 bits per heavy atom. The van der Waals surface area contributed by atoms with Gasteiger partial charge in [0.05, 0.1) is 18.2 Å². The molecule has 0 radical (unpaired) electrons. The Kier molecular flexibility index (Phi) is 2.84. The van der Waals surface area contributed by atoms with Gasteiger partial charge in [0.2, 0.25) is 0 Å². The summed E-state index contributed by atoms with van der Waals surface area (Å²) in [5, 5.41) is 4.22. The minimum absolute atomic E-state index is 0.0488. The second-order valence-corrected chi connectivity index (χ2v) is 4.86. The number of ether oxygens (including phenoxy) is 1. The monoisotopic (exact) mass is 248 g/mol. The summed E-state index contributed by atoms with van der Waals surface area (Å²) < 4.78 is 19.8. The number of aromatic amines is 1. The van der Waals surface area contributed by atoms with Gasteiger partial charge in [-0.2, -0.15) is 0 Å². The lowest BCUT2D eigenvalue weighted by atomic mass is 10.0. The van der Waals surface area contributed by atoms with E-state index in [0.717, 1.165) is 35.3 Å². The van der Waals surface area contributed by atoms with Crippen molar-refractivity contribution >= 4 is 10.9 Å². The normalized spacial score (nSPS) is 20.5. The number of aryl methyl sites for hydroxylation is 2. The highest BCUT2D eigenvalue weighted by molar-refractivity contribution is 5.85. The Labute approximate surface area is 105 Å². The van der Waals surface area contributed by atoms with Crippen LogP contribution < -0.4 is 5.32 Å². The average molecular weight is 248 g/mol. The first kappa shape index (κ1) is 11.7. The number of nitrogens with one attached hydrogen (secondary N) is 2. The molecule has 2 heterocycles. The lowest BCUT2D eigenvalue weighted by Crippen LogP contribution is -2.33. The van der Waals surface area contributed by atoms with E-state index in [9.17, 15) is 4.39 Å². The lowest BCUT2D eigenvalue weighted by molar-refractivity contribution is 0.0276. The predicted molar refractivity (Wildman–Crippen MR) is 69.3 cm³/mol. The Morgan fingerprint density at radius 1 is 1.33 bits per heavy atom. The first-order valence-corrected chi connectivity index (χ1v) is 6.27. The molecule has 2 N–H and O–H groups in total. The molecule has 2 aromatic rings. The zero-order valence-electron chi connectivity index (χ0n) is 10.6. The fourth-order valence-electron chi connectivity index (χ4n) is 2.50. The van der Waals surface area contributed by atoms with Gasteiger partial charge >= 0.3 is 0 Å². The first-order chi connectivity index (χ1) is 8.66.